The Labute approximate surface area is 67.1 Å². The van der Waals surface area contributed by atoms with Gasteiger partial charge in [-0.25, -0.2) is 0 Å². The standard InChI is InChI=1S/C8H16N2O/c9-5-8(10)4-3-6-1-2-7(8)11-6/h6-7H,1-5,9-10H2. The fourth-order valence-corrected chi connectivity index (χ4v) is 2.17. The van der Waals surface area contributed by atoms with Gasteiger partial charge in [0.15, 0.2) is 0 Å². The zero-order valence-corrected chi connectivity index (χ0v) is 6.75. The zero-order valence-electron chi connectivity index (χ0n) is 6.75. The fourth-order valence-electron chi connectivity index (χ4n) is 2.17. The van der Waals surface area contributed by atoms with E-state index in [2.05, 4.69) is 0 Å². The molecule has 11 heavy (non-hydrogen) atoms. The number of nitrogens with two attached hydrogens (primary N) is 2. The molecule has 64 valence electrons. The Balaban J connectivity index is 2.12. The third-order valence-electron chi connectivity index (χ3n) is 3.06. The van der Waals surface area contributed by atoms with Crippen LogP contribution in [0, 0.1) is 0 Å². The summed E-state index contributed by atoms with van der Waals surface area (Å²) in [7, 11) is 0. The lowest BCUT2D eigenvalue weighted by molar-refractivity contribution is -0.0421. The Kier molecular flexibility index (Phi) is 1.67. The smallest absolute Gasteiger partial charge is 0.0771 e. The van der Waals surface area contributed by atoms with Gasteiger partial charge in [0.05, 0.1) is 17.7 Å². The molecule has 0 spiro atoms. The van der Waals surface area contributed by atoms with Gasteiger partial charge < -0.3 is 16.2 Å². The van der Waals surface area contributed by atoms with Crippen molar-refractivity contribution in [1.29, 1.82) is 0 Å². The summed E-state index contributed by atoms with van der Waals surface area (Å²) < 4.78 is 5.70. The van der Waals surface area contributed by atoms with Crippen molar-refractivity contribution in [2.24, 2.45) is 11.5 Å². The van der Waals surface area contributed by atoms with Crippen LogP contribution in [0.4, 0.5) is 0 Å². The molecule has 0 radical (unpaired) electrons. The van der Waals surface area contributed by atoms with Gasteiger partial charge in [-0.05, 0) is 25.7 Å². The lowest BCUT2D eigenvalue weighted by Gasteiger charge is -2.38. The van der Waals surface area contributed by atoms with Gasteiger partial charge in [-0.2, -0.15) is 0 Å². The molecule has 2 heterocycles. The van der Waals surface area contributed by atoms with Crippen molar-refractivity contribution < 1.29 is 4.74 Å². The summed E-state index contributed by atoms with van der Waals surface area (Å²) in [4.78, 5) is 0. The molecule has 2 aliphatic rings. The first kappa shape index (κ1) is 7.53. The summed E-state index contributed by atoms with van der Waals surface area (Å²) >= 11 is 0. The lowest BCUT2D eigenvalue weighted by atomic mass is 9.87. The first-order valence-electron chi connectivity index (χ1n) is 4.39. The van der Waals surface area contributed by atoms with E-state index in [1.165, 1.54) is 6.42 Å². The van der Waals surface area contributed by atoms with E-state index in [1.807, 2.05) is 0 Å². The van der Waals surface area contributed by atoms with E-state index >= 15 is 0 Å². The van der Waals surface area contributed by atoms with E-state index in [1.54, 1.807) is 0 Å². The molecular formula is C8H16N2O. The average molecular weight is 156 g/mol. The SMILES string of the molecule is NCC1(N)CCC2CCC1O2. The van der Waals surface area contributed by atoms with Crippen LogP contribution in [-0.4, -0.2) is 24.3 Å². The normalized spacial score (nSPS) is 49.6. The van der Waals surface area contributed by atoms with Crippen LogP contribution in [0.15, 0.2) is 0 Å². The third kappa shape index (κ3) is 1.08. The van der Waals surface area contributed by atoms with E-state index in [9.17, 15) is 0 Å². The molecular weight excluding hydrogens is 140 g/mol. The molecule has 0 aromatic carbocycles. The molecule has 3 nitrogen and oxygen atoms in total. The second-order valence-corrected chi connectivity index (χ2v) is 3.80. The monoisotopic (exact) mass is 156 g/mol. The van der Waals surface area contributed by atoms with E-state index in [0.717, 1.165) is 19.3 Å². The first-order chi connectivity index (χ1) is 5.24. The molecule has 3 atom stereocenters. The van der Waals surface area contributed by atoms with Crippen LogP contribution in [0.1, 0.15) is 25.7 Å². The van der Waals surface area contributed by atoms with E-state index in [4.69, 9.17) is 16.2 Å². The van der Waals surface area contributed by atoms with Crippen molar-refractivity contribution in [3.8, 4) is 0 Å². The van der Waals surface area contributed by atoms with E-state index < -0.39 is 0 Å². The van der Waals surface area contributed by atoms with Crippen LogP contribution in [0.25, 0.3) is 0 Å². The molecule has 2 aliphatic heterocycles. The average Bonchev–Trinajstić information content (AvgIpc) is 2.44. The first-order valence-corrected chi connectivity index (χ1v) is 4.39. The minimum Gasteiger partial charge on any atom is -0.373 e. The molecule has 3 unspecified atom stereocenters. The highest BCUT2D eigenvalue weighted by Crippen LogP contribution is 2.36. The lowest BCUT2D eigenvalue weighted by Crippen LogP contribution is -2.58. The predicted molar refractivity (Wildman–Crippen MR) is 43.1 cm³/mol. The van der Waals surface area contributed by atoms with E-state index in [0.29, 0.717) is 12.6 Å². The summed E-state index contributed by atoms with van der Waals surface area (Å²) in [6.07, 6.45) is 5.17. The Bertz CT molecular complexity index is 162. The molecule has 0 saturated carbocycles. The summed E-state index contributed by atoms with van der Waals surface area (Å²) in [5.74, 6) is 0. The maximum Gasteiger partial charge on any atom is 0.0771 e. The molecule has 3 heteroatoms. The summed E-state index contributed by atoms with van der Waals surface area (Å²) in [5.41, 5.74) is 11.5. The predicted octanol–water partition coefficient (Wildman–Crippen LogP) is -0.0160. The largest absolute Gasteiger partial charge is 0.373 e. The topological polar surface area (TPSA) is 61.3 Å². The molecule has 0 aliphatic carbocycles. The Morgan fingerprint density at radius 3 is 2.91 bits per heavy atom. The van der Waals surface area contributed by atoms with Gasteiger partial charge in [-0.3, -0.25) is 0 Å². The Morgan fingerprint density at radius 2 is 2.18 bits per heavy atom. The number of hydrogen-bond acceptors (Lipinski definition) is 3. The second kappa shape index (κ2) is 2.44. The number of rotatable bonds is 1. The van der Waals surface area contributed by atoms with Gasteiger partial charge in [-0.1, -0.05) is 0 Å². The molecule has 2 bridgehead atoms. The molecule has 2 saturated heterocycles. The number of hydrogen-bond donors (Lipinski definition) is 2. The highest BCUT2D eigenvalue weighted by molar-refractivity contribution is 5.01. The van der Waals surface area contributed by atoms with Crippen LogP contribution >= 0.6 is 0 Å². The van der Waals surface area contributed by atoms with Crippen LogP contribution in [0.2, 0.25) is 0 Å². The Hall–Kier alpha value is -0.120. The number of fused-ring (bicyclic) bond motifs is 2. The Morgan fingerprint density at radius 1 is 1.36 bits per heavy atom. The maximum atomic E-state index is 6.09. The van der Waals surface area contributed by atoms with E-state index in [-0.39, 0.29) is 11.6 Å². The highest BCUT2D eigenvalue weighted by Gasteiger charge is 2.44. The molecule has 4 N–H and O–H groups in total. The highest BCUT2D eigenvalue weighted by atomic mass is 16.5. The van der Waals surface area contributed by atoms with Crippen LogP contribution in [0.3, 0.4) is 0 Å². The summed E-state index contributed by atoms with van der Waals surface area (Å²) in [5, 5.41) is 0. The third-order valence-corrected chi connectivity index (χ3v) is 3.06. The van der Waals surface area contributed by atoms with Gasteiger partial charge in [0, 0.05) is 6.54 Å². The zero-order chi connectivity index (χ0) is 7.90. The van der Waals surface area contributed by atoms with Crippen LogP contribution in [0.5, 0.6) is 0 Å². The fraction of sp³-hybridized carbons (Fsp3) is 1.00. The van der Waals surface area contributed by atoms with Gasteiger partial charge in [0.25, 0.3) is 0 Å². The van der Waals surface area contributed by atoms with Crippen molar-refractivity contribution in [2.45, 2.75) is 43.4 Å². The van der Waals surface area contributed by atoms with Crippen molar-refractivity contribution >= 4 is 0 Å². The van der Waals surface area contributed by atoms with Crippen molar-refractivity contribution in [1.82, 2.24) is 0 Å². The van der Waals surface area contributed by atoms with Gasteiger partial charge in [0.2, 0.25) is 0 Å². The minimum absolute atomic E-state index is 0.215. The molecule has 0 amide bonds. The van der Waals surface area contributed by atoms with Crippen LogP contribution < -0.4 is 11.5 Å². The van der Waals surface area contributed by atoms with Crippen molar-refractivity contribution in [2.75, 3.05) is 6.54 Å². The van der Waals surface area contributed by atoms with Crippen molar-refractivity contribution in [3.63, 3.8) is 0 Å². The maximum absolute atomic E-state index is 6.09. The second-order valence-electron chi connectivity index (χ2n) is 3.80. The van der Waals surface area contributed by atoms with Gasteiger partial charge >= 0.3 is 0 Å². The quantitative estimate of drug-likeness (QED) is 0.561. The van der Waals surface area contributed by atoms with Gasteiger partial charge in [-0.15, -0.1) is 0 Å². The molecule has 0 aromatic heterocycles. The minimum atomic E-state index is -0.215. The summed E-state index contributed by atoms with van der Waals surface area (Å²) in [6, 6.07) is 0. The molecule has 0 aromatic rings. The van der Waals surface area contributed by atoms with Gasteiger partial charge in [0.1, 0.15) is 0 Å². The molecule has 2 rings (SSSR count). The van der Waals surface area contributed by atoms with Crippen LogP contribution in [-0.2, 0) is 4.74 Å². The van der Waals surface area contributed by atoms with Crippen molar-refractivity contribution in [3.05, 3.63) is 0 Å². The summed E-state index contributed by atoms with van der Waals surface area (Å²) in [6.45, 7) is 0.560. The number of ether oxygens (including phenoxy) is 1. The molecule has 2 fully saturated rings.